The monoisotopic (exact) mass is 186 g/mol. The van der Waals surface area contributed by atoms with Crippen LogP contribution in [0.25, 0.3) is 0 Å². The molecule has 77 valence electrons. The summed E-state index contributed by atoms with van der Waals surface area (Å²) in [7, 11) is 0. The molecular formula is C10H20NO2. The van der Waals surface area contributed by atoms with Crippen LogP contribution in [-0.2, 0) is 9.53 Å². The van der Waals surface area contributed by atoms with Gasteiger partial charge in [0.25, 0.3) is 0 Å². The van der Waals surface area contributed by atoms with E-state index in [1.807, 2.05) is 20.8 Å². The van der Waals surface area contributed by atoms with Gasteiger partial charge < -0.3 is 10.5 Å². The molecule has 2 N–H and O–H groups in total. The number of ether oxygens (including phenoxy) is 1. The standard InChI is InChI=1S/C10H20NO2/c1-5-8(4)13-10(12)9(11)6-7(2)3/h7-9H,4-6,11H2,1-3H3/t8?,9-/m0/s1. The first kappa shape index (κ1) is 12.4. The van der Waals surface area contributed by atoms with Crippen LogP contribution in [0, 0.1) is 12.8 Å². The SMILES string of the molecule is [CH2]C(CC)OC(=O)[C@@H](N)CC(C)C. The van der Waals surface area contributed by atoms with Gasteiger partial charge in [0.15, 0.2) is 0 Å². The fourth-order valence-electron chi connectivity index (χ4n) is 0.939. The van der Waals surface area contributed by atoms with Crippen molar-refractivity contribution in [3.8, 4) is 0 Å². The van der Waals surface area contributed by atoms with Crippen LogP contribution in [-0.4, -0.2) is 18.1 Å². The molecule has 3 nitrogen and oxygen atoms in total. The summed E-state index contributed by atoms with van der Waals surface area (Å²) in [5.74, 6) is 0.0722. The van der Waals surface area contributed by atoms with E-state index in [1.54, 1.807) is 0 Å². The topological polar surface area (TPSA) is 52.3 Å². The molecule has 0 aliphatic carbocycles. The molecular weight excluding hydrogens is 166 g/mol. The molecule has 0 fully saturated rings. The molecule has 0 aliphatic rings. The van der Waals surface area contributed by atoms with Gasteiger partial charge in [-0.05, 0) is 25.7 Å². The molecule has 0 bridgehead atoms. The van der Waals surface area contributed by atoms with Gasteiger partial charge in [-0.3, -0.25) is 4.79 Å². The number of nitrogens with two attached hydrogens (primary N) is 1. The van der Waals surface area contributed by atoms with Gasteiger partial charge in [0.2, 0.25) is 0 Å². The maximum atomic E-state index is 11.3. The van der Waals surface area contributed by atoms with E-state index < -0.39 is 6.04 Å². The Kier molecular flexibility index (Phi) is 5.71. The van der Waals surface area contributed by atoms with Crippen molar-refractivity contribution < 1.29 is 9.53 Å². The minimum absolute atomic E-state index is 0.272. The van der Waals surface area contributed by atoms with Crippen molar-refractivity contribution in [1.29, 1.82) is 0 Å². The van der Waals surface area contributed by atoms with Gasteiger partial charge in [-0.25, -0.2) is 0 Å². The van der Waals surface area contributed by atoms with Crippen molar-refractivity contribution in [3.63, 3.8) is 0 Å². The fourth-order valence-corrected chi connectivity index (χ4v) is 0.939. The van der Waals surface area contributed by atoms with E-state index in [0.717, 1.165) is 6.42 Å². The highest BCUT2D eigenvalue weighted by Crippen LogP contribution is 2.06. The van der Waals surface area contributed by atoms with Crippen LogP contribution in [0.5, 0.6) is 0 Å². The van der Waals surface area contributed by atoms with E-state index in [-0.39, 0.29) is 12.1 Å². The highest BCUT2D eigenvalue weighted by molar-refractivity contribution is 5.75. The van der Waals surface area contributed by atoms with Gasteiger partial charge >= 0.3 is 5.97 Å². The number of esters is 1. The largest absolute Gasteiger partial charge is 0.461 e. The smallest absolute Gasteiger partial charge is 0.323 e. The summed E-state index contributed by atoms with van der Waals surface area (Å²) in [6, 6.07) is -0.504. The summed E-state index contributed by atoms with van der Waals surface area (Å²) >= 11 is 0. The first-order valence-corrected chi connectivity index (χ1v) is 4.76. The van der Waals surface area contributed by atoms with E-state index >= 15 is 0 Å². The summed E-state index contributed by atoms with van der Waals surface area (Å²) in [6.45, 7) is 9.62. The van der Waals surface area contributed by atoms with E-state index in [9.17, 15) is 4.79 Å². The third-order valence-corrected chi connectivity index (χ3v) is 1.77. The molecule has 2 atom stereocenters. The van der Waals surface area contributed by atoms with E-state index in [2.05, 4.69) is 6.92 Å². The van der Waals surface area contributed by atoms with E-state index in [1.165, 1.54) is 0 Å². The normalized spacial score (nSPS) is 15.5. The lowest BCUT2D eigenvalue weighted by Crippen LogP contribution is -2.35. The predicted octanol–water partition coefficient (Wildman–Crippen LogP) is 1.52. The van der Waals surface area contributed by atoms with Gasteiger partial charge in [0, 0.05) is 0 Å². The second-order valence-electron chi connectivity index (χ2n) is 3.70. The van der Waals surface area contributed by atoms with Crippen LogP contribution in [0.3, 0.4) is 0 Å². The van der Waals surface area contributed by atoms with Crippen LogP contribution < -0.4 is 5.73 Å². The molecule has 13 heavy (non-hydrogen) atoms. The Balaban J connectivity index is 3.82. The lowest BCUT2D eigenvalue weighted by atomic mass is 10.0. The first-order chi connectivity index (χ1) is 5.97. The maximum absolute atomic E-state index is 11.3. The average Bonchev–Trinajstić information content (AvgIpc) is 2.02. The number of hydrogen-bond acceptors (Lipinski definition) is 3. The Morgan fingerprint density at radius 2 is 2.08 bits per heavy atom. The van der Waals surface area contributed by atoms with Gasteiger partial charge in [-0.2, -0.15) is 0 Å². The van der Waals surface area contributed by atoms with Crippen molar-refractivity contribution in [1.82, 2.24) is 0 Å². The number of rotatable bonds is 5. The van der Waals surface area contributed by atoms with E-state index in [0.29, 0.717) is 12.3 Å². The zero-order valence-corrected chi connectivity index (χ0v) is 8.75. The molecule has 0 spiro atoms. The Labute approximate surface area is 80.6 Å². The molecule has 0 heterocycles. The second-order valence-corrected chi connectivity index (χ2v) is 3.70. The molecule has 0 amide bonds. The molecule has 0 aromatic carbocycles. The lowest BCUT2D eigenvalue weighted by Gasteiger charge is -2.16. The van der Waals surface area contributed by atoms with Crippen LogP contribution in [0.4, 0.5) is 0 Å². The summed E-state index contributed by atoms with van der Waals surface area (Å²) in [4.78, 5) is 11.3. The average molecular weight is 186 g/mol. The van der Waals surface area contributed by atoms with Gasteiger partial charge in [0.05, 0.1) is 0 Å². The summed E-state index contributed by atoms with van der Waals surface area (Å²) in [5.41, 5.74) is 5.62. The zero-order chi connectivity index (χ0) is 10.4. The van der Waals surface area contributed by atoms with Crippen LogP contribution in [0.15, 0.2) is 0 Å². The minimum Gasteiger partial charge on any atom is -0.461 e. The minimum atomic E-state index is -0.504. The van der Waals surface area contributed by atoms with E-state index in [4.69, 9.17) is 10.5 Å². The highest BCUT2D eigenvalue weighted by atomic mass is 16.5. The van der Waals surface area contributed by atoms with Crippen molar-refractivity contribution in [3.05, 3.63) is 6.92 Å². The lowest BCUT2D eigenvalue weighted by molar-refractivity contribution is -0.149. The van der Waals surface area contributed by atoms with Gasteiger partial charge in [-0.15, -0.1) is 0 Å². The number of carbonyl (C=O) groups excluding carboxylic acids is 1. The molecule has 0 aromatic rings. The number of carbonyl (C=O) groups is 1. The molecule has 0 saturated heterocycles. The van der Waals surface area contributed by atoms with Crippen molar-refractivity contribution in [2.75, 3.05) is 0 Å². The quantitative estimate of drug-likeness (QED) is 0.662. The Morgan fingerprint density at radius 3 is 2.46 bits per heavy atom. The Bertz CT molecular complexity index is 157. The molecule has 0 rings (SSSR count). The van der Waals surface area contributed by atoms with Crippen molar-refractivity contribution in [2.45, 2.75) is 45.8 Å². The molecule has 0 saturated carbocycles. The predicted molar refractivity (Wildman–Crippen MR) is 53.0 cm³/mol. The molecule has 0 aliphatic heterocycles. The Morgan fingerprint density at radius 1 is 1.54 bits per heavy atom. The molecule has 3 heteroatoms. The van der Waals surface area contributed by atoms with Gasteiger partial charge in [0.1, 0.15) is 12.1 Å². The van der Waals surface area contributed by atoms with Crippen molar-refractivity contribution >= 4 is 5.97 Å². The third-order valence-electron chi connectivity index (χ3n) is 1.77. The van der Waals surface area contributed by atoms with Crippen molar-refractivity contribution in [2.24, 2.45) is 11.7 Å². The van der Waals surface area contributed by atoms with Crippen LogP contribution in [0.1, 0.15) is 33.6 Å². The summed E-state index contributed by atoms with van der Waals surface area (Å²) in [6.07, 6.45) is 1.11. The fraction of sp³-hybridized carbons (Fsp3) is 0.800. The highest BCUT2D eigenvalue weighted by Gasteiger charge is 2.17. The summed E-state index contributed by atoms with van der Waals surface area (Å²) in [5, 5.41) is 0. The number of hydrogen-bond donors (Lipinski definition) is 1. The molecule has 1 unspecified atom stereocenters. The first-order valence-electron chi connectivity index (χ1n) is 4.76. The molecule has 1 radical (unpaired) electrons. The maximum Gasteiger partial charge on any atom is 0.323 e. The zero-order valence-electron chi connectivity index (χ0n) is 8.75. The second kappa shape index (κ2) is 5.97. The Hall–Kier alpha value is -0.570. The summed E-state index contributed by atoms with van der Waals surface area (Å²) < 4.78 is 4.99. The van der Waals surface area contributed by atoms with Crippen LogP contribution >= 0.6 is 0 Å². The van der Waals surface area contributed by atoms with Crippen LogP contribution in [0.2, 0.25) is 0 Å². The van der Waals surface area contributed by atoms with Gasteiger partial charge in [-0.1, -0.05) is 20.8 Å². The third kappa shape index (κ3) is 5.64. The molecule has 0 aromatic heterocycles.